The second kappa shape index (κ2) is 8.85. The maximum atomic E-state index is 12.9. The predicted octanol–water partition coefficient (Wildman–Crippen LogP) is 2.22. The lowest BCUT2D eigenvalue weighted by Gasteiger charge is -2.48. The number of likely N-dealkylation sites (N-methyl/N-ethyl adjacent to an activating group) is 2. The lowest BCUT2D eigenvalue weighted by molar-refractivity contribution is -0.146. The van der Waals surface area contributed by atoms with Crippen LogP contribution in [0.15, 0.2) is 30.3 Å². The normalized spacial score (nSPS) is 26.0. The maximum Gasteiger partial charge on any atom is 0.245 e. The molecule has 0 bridgehead atoms. The summed E-state index contributed by atoms with van der Waals surface area (Å²) in [4.78, 5) is 43.4. The molecule has 1 spiro atoms. The molecule has 0 aromatic heterocycles. The first-order valence-corrected chi connectivity index (χ1v) is 11.5. The van der Waals surface area contributed by atoms with Crippen molar-refractivity contribution >= 4 is 17.7 Å². The third kappa shape index (κ3) is 4.27. The van der Waals surface area contributed by atoms with Crippen molar-refractivity contribution in [2.75, 3.05) is 41.3 Å². The number of carbonyl (C=O) groups excluding carboxylic acids is 3. The highest BCUT2D eigenvalue weighted by Crippen LogP contribution is 2.52. The molecular weight excluding hydrogens is 404 g/mol. The summed E-state index contributed by atoms with van der Waals surface area (Å²) in [5.74, 6) is -0.404. The monoisotopic (exact) mass is 442 g/mol. The molecule has 0 atom stereocenters. The Kier molecular flexibility index (Phi) is 6.70. The predicted molar refractivity (Wildman–Crippen MR) is 125 cm³/mol. The fraction of sp³-hybridized carbons (Fsp3) is 0.640. The molecule has 1 saturated carbocycles. The summed E-state index contributed by atoms with van der Waals surface area (Å²) >= 11 is 0. The van der Waals surface area contributed by atoms with Gasteiger partial charge in [0.1, 0.15) is 5.54 Å². The molecule has 1 aliphatic carbocycles. The van der Waals surface area contributed by atoms with E-state index in [1.807, 2.05) is 6.07 Å². The minimum atomic E-state index is -0.974. The largest absolute Gasteiger partial charge is 0.357 e. The van der Waals surface area contributed by atoms with Gasteiger partial charge in [-0.1, -0.05) is 30.3 Å². The van der Waals surface area contributed by atoms with Crippen LogP contribution >= 0.6 is 0 Å². The first kappa shape index (κ1) is 24.2. The fourth-order valence-corrected chi connectivity index (χ4v) is 5.44. The van der Waals surface area contributed by atoms with Crippen molar-refractivity contribution < 1.29 is 14.4 Å². The van der Waals surface area contributed by atoms with E-state index >= 15 is 0 Å². The Morgan fingerprint density at radius 3 is 2.19 bits per heavy atom. The van der Waals surface area contributed by atoms with Crippen LogP contribution in [0.5, 0.6) is 0 Å². The lowest BCUT2D eigenvalue weighted by Crippen LogP contribution is -2.56. The van der Waals surface area contributed by atoms with E-state index in [4.69, 9.17) is 0 Å². The van der Waals surface area contributed by atoms with Crippen molar-refractivity contribution in [1.82, 2.24) is 20.0 Å². The molecule has 2 fully saturated rings. The zero-order chi connectivity index (χ0) is 23.7. The average molecular weight is 443 g/mol. The quantitative estimate of drug-likeness (QED) is 0.733. The summed E-state index contributed by atoms with van der Waals surface area (Å²) in [6.45, 7) is 4.06. The van der Waals surface area contributed by atoms with Gasteiger partial charge < -0.3 is 15.1 Å². The second-order valence-corrected chi connectivity index (χ2v) is 10.3. The molecule has 0 unspecified atom stereocenters. The zero-order valence-electron chi connectivity index (χ0n) is 20.4. The lowest BCUT2D eigenvalue weighted by atomic mass is 9.64. The molecule has 7 heteroatoms. The Morgan fingerprint density at radius 1 is 1.06 bits per heavy atom. The van der Waals surface area contributed by atoms with Crippen molar-refractivity contribution in [3.05, 3.63) is 35.9 Å². The molecule has 1 saturated heterocycles. The molecule has 2 aliphatic rings. The number of nitrogens with one attached hydrogen (secondary N) is 1. The Bertz CT molecular complexity index is 857. The van der Waals surface area contributed by atoms with Crippen molar-refractivity contribution in [2.45, 2.75) is 57.0 Å². The van der Waals surface area contributed by atoms with Gasteiger partial charge in [-0.25, -0.2) is 0 Å². The first-order chi connectivity index (χ1) is 15.0. The Morgan fingerprint density at radius 2 is 1.66 bits per heavy atom. The van der Waals surface area contributed by atoms with E-state index in [-0.39, 0.29) is 35.2 Å². The van der Waals surface area contributed by atoms with E-state index in [9.17, 15) is 14.4 Å². The summed E-state index contributed by atoms with van der Waals surface area (Å²) < 4.78 is 0. The molecule has 1 aliphatic heterocycles. The van der Waals surface area contributed by atoms with Crippen LogP contribution in [-0.2, 0) is 19.9 Å². The number of nitrogens with zero attached hydrogens (tertiary/aromatic N) is 3. The summed E-state index contributed by atoms with van der Waals surface area (Å²) in [5.41, 5.74) is 0.268. The van der Waals surface area contributed by atoms with Gasteiger partial charge in [-0.3, -0.25) is 19.3 Å². The number of likely N-dealkylation sites (tertiary alicyclic amines) is 1. The molecule has 1 N–H and O–H groups in total. The number of carbonyl (C=O) groups is 3. The molecule has 1 heterocycles. The van der Waals surface area contributed by atoms with E-state index in [1.54, 1.807) is 32.8 Å². The zero-order valence-corrected chi connectivity index (χ0v) is 20.4. The van der Waals surface area contributed by atoms with Gasteiger partial charge in [0.15, 0.2) is 0 Å². The van der Waals surface area contributed by atoms with Gasteiger partial charge in [0.05, 0.1) is 6.54 Å². The molecule has 3 amide bonds. The van der Waals surface area contributed by atoms with E-state index in [0.29, 0.717) is 13.0 Å². The molecule has 7 nitrogen and oxygen atoms in total. The van der Waals surface area contributed by atoms with Crippen LogP contribution < -0.4 is 5.32 Å². The van der Waals surface area contributed by atoms with Crippen LogP contribution in [0.4, 0.5) is 0 Å². The van der Waals surface area contributed by atoms with Gasteiger partial charge in [0, 0.05) is 32.6 Å². The van der Waals surface area contributed by atoms with Gasteiger partial charge in [-0.2, -0.15) is 0 Å². The van der Waals surface area contributed by atoms with E-state index in [2.05, 4.69) is 48.6 Å². The first-order valence-electron chi connectivity index (χ1n) is 11.5. The molecule has 1 aromatic rings. The smallest absolute Gasteiger partial charge is 0.245 e. The number of amides is 3. The van der Waals surface area contributed by atoms with E-state index < -0.39 is 5.54 Å². The highest BCUT2D eigenvalue weighted by Gasteiger charge is 2.50. The SMILES string of the molecule is CNC(=O)C(C)(C)N(C)C(=O)CN1CC2(CCC(c3ccccc3)(N(C)C)CC2)CC1=O. The van der Waals surface area contributed by atoms with Crippen LogP contribution in [-0.4, -0.2) is 79.2 Å². The highest BCUT2D eigenvalue weighted by molar-refractivity contribution is 5.92. The Hall–Kier alpha value is -2.41. The van der Waals surface area contributed by atoms with Gasteiger partial charge >= 0.3 is 0 Å². The maximum absolute atomic E-state index is 12.9. The molecule has 176 valence electrons. The van der Waals surface area contributed by atoms with Gasteiger partial charge in [-0.15, -0.1) is 0 Å². The highest BCUT2D eigenvalue weighted by atomic mass is 16.2. The minimum Gasteiger partial charge on any atom is -0.357 e. The van der Waals surface area contributed by atoms with Crippen LogP contribution in [0.3, 0.4) is 0 Å². The molecule has 32 heavy (non-hydrogen) atoms. The van der Waals surface area contributed by atoms with Crippen LogP contribution in [0, 0.1) is 5.41 Å². The Balaban J connectivity index is 1.68. The summed E-state index contributed by atoms with van der Waals surface area (Å²) in [6.07, 6.45) is 4.39. The van der Waals surface area contributed by atoms with Crippen molar-refractivity contribution in [3.8, 4) is 0 Å². The molecule has 1 aromatic carbocycles. The van der Waals surface area contributed by atoms with Gasteiger partial charge in [0.2, 0.25) is 17.7 Å². The van der Waals surface area contributed by atoms with E-state index in [0.717, 1.165) is 25.7 Å². The second-order valence-electron chi connectivity index (χ2n) is 10.3. The molecular formula is C25H38N4O3. The minimum absolute atomic E-state index is 0.0173. The van der Waals surface area contributed by atoms with Crippen LogP contribution in [0.25, 0.3) is 0 Å². The molecule has 0 radical (unpaired) electrons. The van der Waals surface area contributed by atoms with Crippen LogP contribution in [0.2, 0.25) is 0 Å². The average Bonchev–Trinajstić information content (AvgIpc) is 3.07. The van der Waals surface area contributed by atoms with E-state index in [1.165, 1.54) is 10.5 Å². The van der Waals surface area contributed by atoms with Gasteiger partial charge in [-0.05, 0) is 64.6 Å². The summed E-state index contributed by atoms with van der Waals surface area (Å²) in [6, 6.07) is 10.6. The standard InChI is InChI=1S/C25H38N4O3/c1-23(2,22(32)26-3)28(6)21(31)17-29-18-24(16-20(29)30)12-14-25(15-13-24,27(4)5)19-10-8-7-9-11-19/h7-11H,12-18H2,1-6H3,(H,26,32). The van der Waals surface area contributed by atoms with Crippen molar-refractivity contribution in [1.29, 1.82) is 0 Å². The number of benzene rings is 1. The Labute approximate surface area is 192 Å². The summed E-state index contributed by atoms with van der Waals surface area (Å²) in [5, 5.41) is 2.60. The topological polar surface area (TPSA) is 73.0 Å². The van der Waals surface area contributed by atoms with Crippen LogP contribution in [0.1, 0.15) is 51.5 Å². The third-order valence-corrected chi connectivity index (χ3v) is 8.03. The summed E-state index contributed by atoms with van der Waals surface area (Å²) in [7, 11) is 7.46. The van der Waals surface area contributed by atoms with Gasteiger partial charge in [0.25, 0.3) is 0 Å². The van der Waals surface area contributed by atoms with Crippen molar-refractivity contribution in [2.24, 2.45) is 5.41 Å². The van der Waals surface area contributed by atoms with Crippen molar-refractivity contribution in [3.63, 3.8) is 0 Å². The number of hydrogen-bond acceptors (Lipinski definition) is 4. The number of rotatable bonds is 6. The molecule has 3 rings (SSSR count). The third-order valence-electron chi connectivity index (χ3n) is 8.03. The fourth-order valence-electron chi connectivity index (χ4n) is 5.44. The number of hydrogen-bond donors (Lipinski definition) is 1.